The summed E-state index contributed by atoms with van der Waals surface area (Å²) < 4.78 is 61.1. The summed E-state index contributed by atoms with van der Waals surface area (Å²) in [5, 5.41) is 6.60. The number of rotatable bonds is 7. The summed E-state index contributed by atoms with van der Waals surface area (Å²) in [7, 11) is 1.44. The predicted octanol–water partition coefficient (Wildman–Crippen LogP) is 9.17. The van der Waals surface area contributed by atoms with Crippen molar-refractivity contribution >= 4 is 23.5 Å². The van der Waals surface area contributed by atoms with Crippen LogP contribution in [0.5, 0.6) is 5.75 Å². The van der Waals surface area contributed by atoms with Crippen molar-refractivity contribution in [3.05, 3.63) is 113 Å². The average Bonchev–Trinajstić information content (AvgIpc) is 3.04. The molecule has 2 N–H and O–H groups in total. The van der Waals surface area contributed by atoms with Crippen LogP contribution in [-0.2, 0) is 0 Å². The largest absolute Gasteiger partial charge is 0.494 e. The molecule has 0 atom stereocenters. The Labute approximate surface area is 265 Å². The minimum Gasteiger partial charge on any atom is -0.494 e. The SMILES string of the molecule is COc1cc(Sc2cccc(F)c2C2CCNCC2)ccc1F.Fc1ccccc1Sc1cccc(F)c1C1CCNCC1. The van der Waals surface area contributed by atoms with Gasteiger partial charge in [0.2, 0.25) is 0 Å². The van der Waals surface area contributed by atoms with Gasteiger partial charge in [-0.25, -0.2) is 17.6 Å². The second-order valence-electron chi connectivity index (χ2n) is 10.8. The van der Waals surface area contributed by atoms with E-state index in [1.807, 2.05) is 12.1 Å². The first-order valence-corrected chi connectivity index (χ1v) is 16.5. The van der Waals surface area contributed by atoms with Crippen LogP contribution in [0, 0.1) is 23.3 Å². The summed E-state index contributed by atoms with van der Waals surface area (Å²) in [6, 6.07) is 21.6. The second-order valence-corrected chi connectivity index (χ2v) is 13.0. The Kier molecular flexibility index (Phi) is 11.7. The third kappa shape index (κ3) is 8.18. The molecular weight excluding hydrogens is 605 g/mol. The number of hydrogen-bond donors (Lipinski definition) is 2. The van der Waals surface area contributed by atoms with Gasteiger partial charge in [-0.15, -0.1) is 0 Å². The molecule has 2 fully saturated rings. The zero-order valence-electron chi connectivity index (χ0n) is 24.6. The van der Waals surface area contributed by atoms with Crippen LogP contribution in [-0.4, -0.2) is 33.3 Å². The third-order valence-corrected chi connectivity index (χ3v) is 10.1. The molecule has 2 saturated heterocycles. The molecule has 0 bridgehead atoms. The Balaban J connectivity index is 0.000000175. The van der Waals surface area contributed by atoms with Crippen LogP contribution in [0.3, 0.4) is 0 Å². The Morgan fingerprint density at radius 2 is 1.07 bits per heavy atom. The molecule has 232 valence electrons. The van der Waals surface area contributed by atoms with E-state index in [1.165, 1.54) is 54.9 Å². The van der Waals surface area contributed by atoms with Gasteiger partial charge < -0.3 is 15.4 Å². The van der Waals surface area contributed by atoms with Crippen LogP contribution in [0.15, 0.2) is 98.4 Å². The van der Waals surface area contributed by atoms with E-state index in [1.54, 1.807) is 42.5 Å². The minimum atomic E-state index is -0.394. The monoisotopic (exact) mass is 640 g/mol. The van der Waals surface area contributed by atoms with E-state index in [2.05, 4.69) is 10.6 Å². The van der Waals surface area contributed by atoms with Crippen molar-refractivity contribution in [3.8, 4) is 5.75 Å². The zero-order chi connectivity index (χ0) is 30.9. The fourth-order valence-corrected chi connectivity index (χ4v) is 7.85. The molecule has 44 heavy (non-hydrogen) atoms. The van der Waals surface area contributed by atoms with E-state index in [9.17, 15) is 17.6 Å². The van der Waals surface area contributed by atoms with E-state index in [4.69, 9.17) is 4.74 Å². The molecule has 2 aliphatic heterocycles. The molecule has 4 aromatic carbocycles. The summed E-state index contributed by atoms with van der Waals surface area (Å²) in [4.78, 5) is 3.10. The molecule has 0 amide bonds. The molecule has 0 spiro atoms. The van der Waals surface area contributed by atoms with Gasteiger partial charge in [-0.2, -0.15) is 0 Å². The van der Waals surface area contributed by atoms with Gasteiger partial charge in [0.05, 0.1) is 7.11 Å². The van der Waals surface area contributed by atoms with Crippen molar-refractivity contribution < 1.29 is 22.3 Å². The predicted molar refractivity (Wildman–Crippen MR) is 170 cm³/mol. The molecule has 0 unspecified atom stereocenters. The van der Waals surface area contributed by atoms with Crippen LogP contribution in [0.4, 0.5) is 17.6 Å². The van der Waals surface area contributed by atoms with Crippen molar-refractivity contribution in [3.63, 3.8) is 0 Å². The van der Waals surface area contributed by atoms with E-state index in [0.717, 1.165) is 77.7 Å². The van der Waals surface area contributed by atoms with Crippen molar-refractivity contribution in [1.29, 1.82) is 0 Å². The molecule has 0 aliphatic carbocycles. The average molecular weight is 641 g/mol. The minimum absolute atomic E-state index is 0.157. The van der Waals surface area contributed by atoms with E-state index >= 15 is 0 Å². The Bertz CT molecular complexity index is 1540. The summed E-state index contributed by atoms with van der Waals surface area (Å²) in [6.45, 7) is 3.63. The molecule has 0 saturated carbocycles. The first kappa shape index (κ1) is 32.4. The number of ether oxygens (including phenoxy) is 1. The number of halogens is 4. The van der Waals surface area contributed by atoms with Crippen LogP contribution in [0.25, 0.3) is 0 Å². The van der Waals surface area contributed by atoms with Gasteiger partial charge in [0.15, 0.2) is 11.6 Å². The van der Waals surface area contributed by atoms with Gasteiger partial charge in [0.1, 0.15) is 17.5 Å². The molecular formula is C35H36F4N2OS2. The number of benzene rings is 4. The number of hydrogen-bond acceptors (Lipinski definition) is 5. The molecule has 6 rings (SSSR count). The zero-order valence-corrected chi connectivity index (χ0v) is 26.2. The van der Waals surface area contributed by atoms with Gasteiger partial charge in [0.25, 0.3) is 0 Å². The Hall–Kier alpha value is -2.98. The van der Waals surface area contributed by atoms with Crippen LogP contribution < -0.4 is 15.4 Å². The Morgan fingerprint density at radius 3 is 1.61 bits per heavy atom. The third-order valence-electron chi connectivity index (χ3n) is 7.93. The van der Waals surface area contributed by atoms with Gasteiger partial charge in [-0.1, -0.05) is 47.8 Å². The molecule has 2 aliphatic rings. The van der Waals surface area contributed by atoms with Gasteiger partial charge in [-0.05, 0) is 118 Å². The van der Waals surface area contributed by atoms with Crippen molar-refractivity contribution in [2.24, 2.45) is 0 Å². The standard InChI is InChI=1S/C18H19F2NOS.C17H17F2NS/c1-22-16-11-13(5-6-14(16)19)23-17-4-2-3-15(20)18(17)12-7-9-21-10-8-12;18-13-4-1-2-6-15(13)21-16-7-3-5-14(19)17(16)12-8-10-20-11-9-12/h2-6,11-12,21H,7-10H2,1H3;1-7,12,20H,8-11H2. The van der Waals surface area contributed by atoms with E-state index < -0.39 is 5.82 Å². The van der Waals surface area contributed by atoms with Crippen LogP contribution in [0.1, 0.15) is 48.6 Å². The van der Waals surface area contributed by atoms with Crippen molar-refractivity contribution in [2.75, 3.05) is 33.3 Å². The lowest BCUT2D eigenvalue weighted by atomic mass is 9.90. The van der Waals surface area contributed by atoms with Gasteiger partial charge in [-0.3, -0.25) is 0 Å². The van der Waals surface area contributed by atoms with E-state index in [0.29, 0.717) is 4.90 Å². The molecule has 9 heteroatoms. The highest BCUT2D eigenvalue weighted by Crippen LogP contribution is 2.41. The van der Waals surface area contributed by atoms with Crippen LogP contribution in [0.2, 0.25) is 0 Å². The molecule has 2 heterocycles. The first-order valence-electron chi connectivity index (χ1n) is 14.9. The van der Waals surface area contributed by atoms with Crippen LogP contribution >= 0.6 is 23.5 Å². The van der Waals surface area contributed by atoms with Gasteiger partial charge >= 0.3 is 0 Å². The summed E-state index contributed by atoms with van der Waals surface area (Å²) in [5.41, 5.74) is 1.52. The lowest BCUT2D eigenvalue weighted by Gasteiger charge is -2.25. The highest BCUT2D eigenvalue weighted by molar-refractivity contribution is 7.99. The topological polar surface area (TPSA) is 33.3 Å². The quantitative estimate of drug-likeness (QED) is 0.197. The molecule has 3 nitrogen and oxygen atoms in total. The number of piperidine rings is 2. The highest BCUT2D eigenvalue weighted by Gasteiger charge is 2.24. The van der Waals surface area contributed by atoms with Gasteiger partial charge in [0, 0.05) is 30.7 Å². The molecule has 0 radical (unpaired) electrons. The fraction of sp³-hybridized carbons (Fsp3) is 0.314. The lowest BCUT2D eigenvalue weighted by Crippen LogP contribution is -2.27. The maximum Gasteiger partial charge on any atom is 0.165 e. The van der Waals surface area contributed by atoms with Crippen molar-refractivity contribution in [1.82, 2.24) is 10.6 Å². The first-order chi connectivity index (χ1) is 21.4. The smallest absolute Gasteiger partial charge is 0.165 e. The summed E-state index contributed by atoms with van der Waals surface area (Å²) in [5.74, 6) is -0.351. The number of nitrogens with one attached hydrogen (secondary N) is 2. The number of methoxy groups -OCH3 is 1. The summed E-state index contributed by atoms with van der Waals surface area (Å²) in [6.07, 6.45) is 3.71. The summed E-state index contributed by atoms with van der Waals surface area (Å²) >= 11 is 2.77. The molecule has 4 aromatic rings. The second kappa shape index (κ2) is 15.8. The fourth-order valence-electron chi connectivity index (χ4n) is 5.70. The Morgan fingerprint density at radius 1 is 0.568 bits per heavy atom. The normalized spacial score (nSPS) is 15.8. The maximum atomic E-state index is 14.4. The maximum absolute atomic E-state index is 14.4. The van der Waals surface area contributed by atoms with Crippen molar-refractivity contribution in [2.45, 2.75) is 57.1 Å². The molecule has 0 aromatic heterocycles. The highest BCUT2D eigenvalue weighted by atomic mass is 32.2. The van der Waals surface area contributed by atoms with E-state index in [-0.39, 0.29) is 35.0 Å². The lowest BCUT2D eigenvalue weighted by molar-refractivity contribution is 0.385.